The van der Waals surface area contributed by atoms with Crippen LogP contribution in [0.2, 0.25) is 0 Å². The first kappa shape index (κ1) is 22.4. The number of fused-ring (bicyclic) bond motifs is 1. The molecule has 0 aromatic carbocycles. The van der Waals surface area contributed by atoms with Gasteiger partial charge in [0.2, 0.25) is 5.95 Å². The fourth-order valence-electron chi connectivity index (χ4n) is 4.05. The van der Waals surface area contributed by atoms with E-state index in [-0.39, 0.29) is 11.4 Å². The van der Waals surface area contributed by atoms with Gasteiger partial charge in [-0.15, -0.1) is 11.3 Å². The zero-order chi connectivity index (χ0) is 22.7. The number of anilines is 1. The van der Waals surface area contributed by atoms with E-state index in [9.17, 15) is 4.79 Å². The Bertz CT molecular complexity index is 1030. The summed E-state index contributed by atoms with van der Waals surface area (Å²) in [4.78, 5) is 28.5. The molecule has 0 spiro atoms. The molecule has 0 bridgehead atoms. The number of carbonyl (C=O) groups is 1. The molecule has 32 heavy (non-hydrogen) atoms. The number of allylic oxidation sites excluding steroid dienone is 1. The molecule has 4 heterocycles. The van der Waals surface area contributed by atoms with Crippen molar-refractivity contribution in [2.45, 2.75) is 19.4 Å². The van der Waals surface area contributed by atoms with Gasteiger partial charge in [-0.25, -0.2) is 9.97 Å². The van der Waals surface area contributed by atoms with E-state index in [1.54, 1.807) is 30.7 Å². The van der Waals surface area contributed by atoms with Crippen molar-refractivity contribution in [3.8, 4) is 10.6 Å². The Morgan fingerprint density at radius 1 is 1.34 bits per heavy atom. The summed E-state index contributed by atoms with van der Waals surface area (Å²) in [5, 5.41) is 13.3. The summed E-state index contributed by atoms with van der Waals surface area (Å²) in [6.07, 6.45) is 4.46. The molecule has 2 aliphatic heterocycles. The topological polar surface area (TPSA) is 106 Å². The highest BCUT2D eigenvalue weighted by Gasteiger charge is 2.44. The lowest BCUT2D eigenvalue weighted by atomic mass is 10.0. The van der Waals surface area contributed by atoms with Crippen LogP contribution in [0.1, 0.15) is 29.1 Å². The monoisotopic (exact) mass is 455 g/mol. The summed E-state index contributed by atoms with van der Waals surface area (Å²) in [5.41, 5.74) is 1.17. The first-order valence-corrected chi connectivity index (χ1v) is 11.5. The first-order valence-electron chi connectivity index (χ1n) is 10.7. The molecule has 0 atom stereocenters. The molecule has 2 aliphatic rings. The molecule has 0 unspecified atom stereocenters. The van der Waals surface area contributed by atoms with Crippen molar-refractivity contribution in [1.29, 1.82) is 5.41 Å². The minimum atomic E-state index is -0.359. The first-order chi connectivity index (χ1) is 15.4. The van der Waals surface area contributed by atoms with Gasteiger partial charge in [-0.3, -0.25) is 9.69 Å². The second-order valence-corrected chi connectivity index (χ2v) is 9.26. The summed E-state index contributed by atoms with van der Waals surface area (Å²) < 4.78 is 5.42. The smallest absolute Gasteiger partial charge is 0.255 e. The van der Waals surface area contributed by atoms with Crippen LogP contribution < -0.4 is 10.6 Å². The largest absolute Gasteiger partial charge is 0.379 e. The maximum absolute atomic E-state index is 13.3. The molecule has 0 radical (unpaired) electrons. The van der Waals surface area contributed by atoms with Gasteiger partial charge < -0.3 is 25.7 Å². The van der Waals surface area contributed by atoms with Crippen LogP contribution in [0.25, 0.3) is 10.6 Å². The van der Waals surface area contributed by atoms with Crippen molar-refractivity contribution in [2.24, 2.45) is 0 Å². The van der Waals surface area contributed by atoms with E-state index in [2.05, 4.69) is 39.3 Å². The number of nitrogens with zero attached hydrogens (tertiary/aromatic N) is 4. The summed E-state index contributed by atoms with van der Waals surface area (Å²) >= 11 is 1.61. The number of morpholine rings is 1. The number of thiophene rings is 1. The molecule has 1 fully saturated rings. The minimum absolute atomic E-state index is 0.0829. The van der Waals surface area contributed by atoms with E-state index in [0.29, 0.717) is 18.3 Å². The van der Waals surface area contributed by atoms with Gasteiger partial charge in [-0.05, 0) is 32.1 Å². The Morgan fingerprint density at radius 3 is 2.81 bits per heavy atom. The molecular formula is C22H29N7O2S. The zero-order valence-corrected chi connectivity index (χ0v) is 19.5. The van der Waals surface area contributed by atoms with Crippen LogP contribution in [0, 0.1) is 5.41 Å². The molecule has 2 aromatic heterocycles. The Balaban J connectivity index is 1.52. The molecule has 0 saturated carbocycles. The van der Waals surface area contributed by atoms with Gasteiger partial charge >= 0.3 is 0 Å². The van der Waals surface area contributed by atoms with Crippen LogP contribution in [0.4, 0.5) is 5.95 Å². The van der Waals surface area contributed by atoms with Crippen LogP contribution in [-0.2, 0) is 10.3 Å². The molecular weight excluding hydrogens is 426 g/mol. The average molecular weight is 456 g/mol. The highest BCUT2D eigenvalue weighted by atomic mass is 32.1. The van der Waals surface area contributed by atoms with E-state index >= 15 is 0 Å². The van der Waals surface area contributed by atoms with E-state index in [4.69, 9.17) is 10.1 Å². The Morgan fingerprint density at radius 2 is 2.12 bits per heavy atom. The Labute approximate surface area is 192 Å². The Kier molecular flexibility index (Phi) is 6.54. The number of carbonyl (C=O) groups excluding carboxylic acids is 1. The summed E-state index contributed by atoms with van der Waals surface area (Å²) in [7, 11) is 1.76. The van der Waals surface area contributed by atoms with Crippen molar-refractivity contribution in [2.75, 3.05) is 51.8 Å². The number of hydrogen-bond acceptors (Lipinski definition) is 9. The maximum Gasteiger partial charge on any atom is 0.255 e. The number of hydrogen-bond donors (Lipinski definition) is 3. The number of ether oxygens (including phenoxy) is 1. The molecule has 10 heteroatoms. The Hall–Kier alpha value is -2.82. The fourth-order valence-corrected chi connectivity index (χ4v) is 5.28. The lowest BCUT2D eigenvalue weighted by Gasteiger charge is -2.35. The van der Waals surface area contributed by atoms with Crippen molar-refractivity contribution < 1.29 is 9.53 Å². The predicted molar refractivity (Wildman–Crippen MR) is 126 cm³/mol. The van der Waals surface area contributed by atoms with E-state index in [1.165, 1.54) is 6.21 Å². The van der Waals surface area contributed by atoms with Crippen LogP contribution in [0.5, 0.6) is 0 Å². The second-order valence-electron chi connectivity index (χ2n) is 8.21. The van der Waals surface area contributed by atoms with Crippen LogP contribution >= 0.6 is 11.3 Å². The van der Waals surface area contributed by atoms with Crippen molar-refractivity contribution in [3.63, 3.8) is 0 Å². The average Bonchev–Trinajstić information content (AvgIpc) is 3.32. The van der Waals surface area contributed by atoms with E-state index in [0.717, 1.165) is 53.9 Å². The second kappa shape index (κ2) is 9.35. The third-order valence-electron chi connectivity index (χ3n) is 5.86. The molecule has 9 nitrogen and oxygen atoms in total. The molecule has 1 amide bonds. The highest BCUT2D eigenvalue weighted by Crippen LogP contribution is 2.45. The van der Waals surface area contributed by atoms with Gasteiger partial charge in [-0.1, -0.05) is 0 Å². The number of aromatic nitrogens is 2. The van der Waals surface area contributed by atoms with Gasteiger partial charge in [0.05, 0.1) is 34.9 Å². The predicted octanol–water partition coefficient (Wildman–Crippen LogP) is 2.35. The van der Waals surface area contributed by atoms with Crippen LogP contribution in [-0.4, -0.2) is 78.3 Å². The normalized spacial score (nSPS) is 18.5. The molecule has 3 N–H and O–H groups in total. The van der Waals surface area contributed by atoms with Gasteiger partial charge in [-0.2, -0.15) is 0 Å². The van der Waals surface area contributed by atoms with Gasteiger partial charge in [0.25, 0.3) is 5.91 Å². The van der Waals surface area contributed by atoms with Crippen molar-refractivity contribution in [1.82, 2.24) is 25.1 Å². The molecule has 4 rings (SSSR count). The zero-order valence-electron chi connectivity index (χ0n) is 18.6. The van der Waals surface area contributed by atoms with Gasteiger partial charge in [0.15, 0.2) is 0 Å². The van der Waals surface area contributed by atoms with Crippen LogP contribution in [0.3, 0.4) is 0 Å². The van der Waals surface area contributed by atoms with Gasteiger partial charge in [0.1, 0.15) is 5.82 Å². The fraction of sp³-hybridized carbons (Fsp3) is 0.455. The third-order valence-corrected chi connectivity index (χ3v) is 7.33. The SMILES string of the molecule is CN/C(=C\C=N)Nc1nccc(-c2cc3c(s2)C(C)(C)N(CCN2CCOCC2)C3=O)n1. The van der Waals surface area contributed by atoms with Crippen molar-refractivity contribution >= 4 is 29.4 Å². The summed E-state index contributed by atoms with van der Waals surface area (Å²) in [5.74, 6) is 1.13. The van der Waals surface area contributed by atoms with Crippen LogP contribution in [0.15, 0.2) is 30.2 Å². The van der Waals surface area contributed by atoms with E-state index < -0.39 is 0 Å². The summed E-state index contributed by atoms with van der Waals surface area (Å²) in [6, 6.07) is 3.80. The number of nitrogens with one attached hydrogen (secondary N) is 3. The lowest BCUT2D eigenvalue weighted by Crippen LogP contribution is -2.46. The summed E-state index contributed by atoms with van der Waals surface area (Å²) in [6.45, 7) is 9.16. The van der Waals surface area contributed by atoms with Gasteiger partial charge in [0, 0.05) is 50.5 Å². The van der Waals surface area contributed by atoms with E-state index in [1.807, 2.05) is 17.0 Å². The number of rotatable bonds is 8. The molecule has 0 aliphatic carbocycles. The standard InChI is InChI=1S/C22H29N7O2S/c1-22(2)19-15(20(30)29(22)9-8-28-10-12-31-13-11-28)14-17(32-19)16-5-7-25-21(26-16)27-18(24-3)4-6-23/h4-7,14,23-24H,8-13H2,1-3H3,(H,25,26,27)/b18-4+,23-6?. The molecule has 2 aromatic rings. The van der Waals surface area contributed by atoms with Crippen molar-refractivity contribution in [3.05, 3.63) is 40.7 Å². The quantitative estimate of drug-likeness (QED) is 0.525. The minimum Gasteiger partial charge on any atom is -0.379 e. The molecule has 170 valence electrons. The third kappa shape index (κ3) is 4.38. The number of amides is 1. The molecule has 1 saturated heterocycles. The highest BCUT2D eigenvalue weighted by molar-refractivity contribution is 7.16. The maximum atomic E-state index is 13.3. The lowest BCUT2D eigenvalue weighted by molar-refractivity contribution is 0.0263.